The minimum Gasteiger partial charge on any atom is -0.378 e. The summed E-state index contributed by atoms with van der Waals surface area (Å²) in [5, 5.41) is 1.97. The number of hydrogen-bond donors (Lipinski definition) is 1. The van der Waals surface area contributed by atoms with Crippen LogP contribution in [-0.2, 0) is 9.53 Å². The van der Waals surface area contributed by atoms with Gasteiger partial charge in [0.05, 0.1) is 23.8 Å². The van der Waals surface area contributed by atoms with Crippen molar-refractivity contribution in [2.24, 2.45) is 0 Å². The number of likely N-dealkylation sites (tertiary alicyclic amines) is 1. The van der Waals surface area contributed by atoms with Gasteiger partial charge in [-0.3, -0.25) is 19.8 Å². The van der Waals surface area contributed by atoms with Crippen molar-refractivity contribution in [1.82, 2.24) is 25.1 Å². The number of ether oxygens (including phenoxy) is 1. The number of aromatic nitrogens is 2. The Kier molecular flexibility index (Phi) is 7.33. The molecular formula is C23H33N7O3S. The van der Waals surface area contributed by atoms with E-state index in [1.165, 1.54) is 25.9 Å². The molecule has 4 aliphatic heterocycles. The predicted octanol–water partition coefficient (Wildman–Crippen LogP) is 1.24. The van der Waals surface area contributed by atoms with E-state index in [1.54, 1.807) is 6.08 Å². The Labute approximate surface area is 204 Å². The Balaban J connectivity index is 1.32. The number of thioether (sulfide) groups is 1. The third-order valence-electron chi connectivity index (χ3n) is 7.09. The molecule has 34 heavy (non-hydrogen) atoms. The van der Waals surface area contributed by atoms with Gasteiger partial charge in [0.1, 0.15) is 5.82 Å². The van der Waals surface area contributed by atoms with Gasteiger partial charge >= 0.3 is 0 Å². The van der Waals surface area contributed by atoms with Gasteiger partial charge < -0.3 is 19.4 Å². The van der Waals surface area contributed by atoms with Crippen LogP contribution in [0.25, 0.3) is 6.08 Å². The molecule has 184 valence electrons. The van der Waals surface area contributed by atoms with E-state index in [2.05, 4.69) is 31.8 Å². The highest BCUT2D eigenvalue weighted by atomic mass is 32.2. The van der Waals surface area contributed by atoms with Gasteiger partial charge in [0.15, 0.2) is 0 Å². The van der Waals surface area contributed by atoms with Gasteiger partial charge in [-0.15, -0.1) is 0 Å². The summed E-state index contributed by atoms with van der Waals surface area (Å²) in [4.78, 5) is 43.3. The topological polar surface area (TPSA) is 94.1 Å². The summed E-state index contributed by atoms with van der Waals surface area (Å²) < 4.78 is 5.50. The zero-order valence-corrected chi connectivity index (χ0v) is 20.6. The lowest BCUT2D eigenvalue weighted by Crippen LogP contribution is -2.53. The summed E-state index contributed by atoms with van der Waals surface area (Å²) in [6, 6.07) is 2.57. The van der Waals surface area contributed by atoms with E-state index in [9.17, 15) is 9.59 Å². The summed E-state index contributed by atoms with van der Waals surface area (Å²) in [5.74, 6) is 1.15. The number of rotatable bonds is 5. The molecule has 5 rings (SSSR count). The third-order valence-corrected chi connectivity index (χ3v) is 7.91. The van der Waals surface area contributed by atoms with Crippen LogP contribution >= 0.6 is 11.8 Å². The number of hydrogen-bond acceptors (Lipinski definition) is 10. The van der Waals surface area contributed by atoms with Crippen LogP contribution in [-0.4, -0.2) is 109 Å². The molecule has 0 spiro atoms. The number of morpholine rings is 1. The molecule has 1 N–H and O–H groups in total. The molecular weight excluding hydrogens is 454 g/mol. The van der Waals surface area contributed by atoms with E-state index >= 15 is 0 Å². The van der Waals surface area contributed by atoms with E-state index in [4.69, 9.17) is 14.7 Å². The second-order valence-corrected chi connectivity index (χ2v) is 10.1. The van der Waals surface area contributed by atoms with Crippen LogP contribution in [0.5, 0.6) is 0 Å². The van der Waals surface area contributed by atoms with Gasteiger partial charge in [-0.25, -0.2) is 4.98 Å². The van der Waals surface area contributed by atoms with Crippen molar-refractivity contribution in [1.29, 1.82) is 0 Å². The first-order valence-electron chi connectivity index (χ1n) is 12.3. The molecule has 0 bridgehead atoms. The highest BCUT2D eigenvalue weighted by Crippen LogP contribution is 2.28. The number of carbonyl (C=O) groups is 2. The zero-order valence-electron chi connectivity index (χ0n) is 19.7. The molecule has 1 aromatic rings. The summed E-state index contributed by atoms with van der Waals surface area (Å²) in [5.41, 5.74) is 0.646. The van der Waals surface area contributed by atoms with Crippen molar-refractivity contribution < 1.29 is 14.3 Å². The van der Waals surface area contributed by atoms with Gasteiger partial charge in [-0.1, -0.05) is 6.92 Å². The number of piperidine rings is 1. The monoisotopic (exact) mass is 487 g/mol. The molecule has 2 amide bonds. The predicted molar refractivity (Wildman–Crippen MR) is 133 cm³/mol. The maximum atomic E-state index is 12.1. The lowest BCUT2D eigenvalue weighted by atomic mass is 10.0. The molecule has 10 nitrogen and oxygen atoms in total. The van der Waals surface area contributed by atoms with Crippen LogP contribution in [0.2, 0.25) is 0 Å². The summed E-state index contributed by atoms with van der Waals surface area (Å²) in [6.07, 6.45) is 4.18. The average Bonchev–Trinajstić information content (AvgIpc) is 3.20. The standard InChI is InChI=1S/C23H33N7O3S/c1-2-27-5-3-18(4-6-27)28-7-9-30(10-8-28)22-24-17(15-19-21(31)26-23(32)34-19)16-20(25-22)29-11-13-33-14-12-29/h15-16,18H,2-14H2,1H3,(H,26,31,32)/b19-15-. The minimum atomic E-state index is -0.370. The summed E-state index contributed by atoms with van der Waals surface area (Å²) >= 11 is 0.913. The first kappa shape index (κ1) is 23.5. The van der Waals surface area contributed by atoms with Crippen molar-refractivity contribution in [2.45, 2.75) is 25.8 Å². The first-order chi connectivity index (χ1) is 16.6. The molecule has 1 aromatic heterocycles. The number of piperazine rings is 1. The Morgan fingerprint density at radius 3 is 2.41 bits per heavy atom. The van der Waals surface area contributed by atoms with Crippen molar-refractivity contribution >= 4 is 40.8 Å². The molecule has 0 aromatic carbocycles. The smallest absolute Gasteiger partial charge is 0.290 e. The molecule has 4 fully saturated rings. The Morgan fingerprint density at radius 2 is 1.76 bits per heavy atom. The lowest BCUT2D eigenvalue weighted by molar-refractivity contribution is -0.115. The van der Waals surface area contributed by atoms with Crippen molar-refractivity contribution in [3.63, 3.8) is 0 Å². The number of nitrogens with zero attached hydrogens (tertiary/aromatic N) is 6. The van der Waals surface area contributed by atoms with Crippen LogP contribution in [0, 0.1) is 0 Å². The minimum absolute atomic E-state index is 0.347. The average molecular weight is 488 g/mol. The highest BCUT2D eigenvalue weighted by Gasteiger charge is 2.29. The second-order valence-electron chi connectivity index (χ2n) is 9.09. The van der Waals surface area contributed by atoms with Crippen molar-refractivity contribution in [2.75, 3.05) is 81.9 Å². The van der Waals surface area contributed by atoms with Crippen molar-refractivity contribution in [3.8, 4) is 0 Å². The van der Waals surface area contributed by atoms with Crippen LogP contribution in [0.3, 0.4) is 0 Å². The molecule has 11 heteroatoms. The number of imide groups is 1. The molecule has 0 unspecified atom stereocenters. The zero-order chi connectivity index (χ0) is 23.5. The maximum Gasteiger partial charge on any atom is 0.290 e. The maximum absolute atomic E-state index is 12.1. The quantitative estimate of drug-likeness (QED) is 0.612. The SMILES string of the molecule is CCN1CCC(N2CCN(c3nc(/C=C4\SC(=O)NC4=O)cc(N4CCOCC4)n3)CC2)CC1. The molecule has 0 saturated carbocycles. The molecule has 5 heterocycles. The Morgan fingerprint density at radius 1 is 1.03 bits per heavy atom. The van der Waals surface area contributed by atoms with E-state index in [0.29, 0.717) is 35.8 Å². The summed E-state index contributed by atoms with van der Waals surface area (Å²) in [6.45, 7) is 12.4. The molecule has 0 radical (unpaired) electrons. The van der Waals surface area contributed by atoms with Crippen LogP contribution < -0.4 is 15.1 Å². The fourth-order valence-corrected chi connectivity index (χ4v) is 5.72. The van der Waals surface area contributed by atoms with Gasteiger partial charge in [0.2, 0.25) is 5.95 Å². The highest BCUT2D eigenvalue weighted by molar-refractivity contribution is 8.18. The van der Waals surface area contributed by atoms with E-state index in [-0.39, 0.29) is 11.1 Å². The fraction of sp³-hybridized carbons (Fsp3) is 0.652. The number of anilines is 2. The summed E-state index contributed by atoms with van der Waals surface area (Å²) in [7, 11) is 0. The molecule has 4 saturated heterocycles. The number of carbonyl (C=O) groups excluding carboxylic acids is 2. The van der Waals surface area contributed by atoms with E-state index in [0.717, 1.165) is 63.4 Å². The van der Waals surface area contributed by atoms with Crippen LogP contribution in [0.15, 0.2) is 11.0 Å². The largest absolute Gasteiger partial charge is 0.378 e. The van der Waals surface area contributed by atoms with E-state index in [1.807, 2.05) is 6.07 Å². The fourth-order valence-electron chi connectivity index (χ4n) is 5.05. The van der Waals surface area contributed by atoms with Crippen LogP contribution in [0.4, 0.5) is 16.6 Å². The van der Waals surface area contributed by atoms with E-state index < -0.39 is 0 Å². The van der Waals surface area contributed by atoms with Gasteiger partial charge in [0.25, 0.3) is 11.1 Å². The Bertz CT molecular complexity index is 936. The Hall–Kier alpha value is -2.21. The normalized spacial score (nSPS) is 24.8. The molecule has 0 atom stereocenters. The number of amides is 2. The third kappa shape index (κ3) is 5.37. The van der Waals surface area contributed by atoms with Gasteiger partial charge in [-0.2, -0.15) is 4.98 Å². The van der Waals surface area contributed by atoms with Crippen LogP contribution in [0.1, 0.15) is 25.5 Å². The van der Waals surface area contributed by atoms with Crippen molar-refractivity contribution in [3.05, 3.63) is 16.7 Å². The second kappa shape index (κ2) is 10.6. The van der Waals surface area contributed by atoms with Gasteiger partial charge in [0, 0.05) is 51.4 Å². The molecule has 4 aliphatic rings. The number of nitrogens with one attached hydrogen (secondary N) is 1. The molecule has 0 aliphatic carbocycles. The van der Waals surface area contributed by atoms with Gasteiger partial charge in [-0.05, 0) is 50.3 Å². The first-order valence-corrected chi connectivity index (χ1v) is 13.1. The lowest BCUT2D eigenvalue weighted by Gasteiger charge is -2.42.